The second-order valence-electron chi connectivity index (χ2n) is 3.20. The van der Waals surface area contributed by atoms with Gasteiger partial charge in [-0.25, -0.2) is 0 Å². The first-order valence-electron chi connectivity index (χ1n) is 3.77. The Hall–Kier alpha value is -0.600. The molecule has 3 atom stereocenters. The maximum atomic E-state index is 9.47. The monoisotopic (exact) mass is 154 g/mol. The minimum atomic E-state index is -0.619. The molecule has 0 aliphatic heterocycles. The minimum absolute atomic E-state index is 0.118. The van der Waals surface area contributed by atoms with E-state index in [-0.39, 0.29) is 5.92 Å². The molecule has 1 fully saturated rings. The average Bonchev–Trinajstić information content (AvgIpc) is 1.97. The van der Waals surface area contributed by atoms with Gasteiger partial charge in [0.15, 0.2) is 0 Å². The largest absolute Gasteiger partial charge is 0.392 e. The first kappa shape index (κ1) is 8.50. The van der Waals surface area contributed by atoms with Crippen molar-refractivity contribution in [3.05, 3.63) is 24.3 Å². The molecule has 0 aromatic rings. The highest BCUT2D eigenvalue weighted by atomic mass is 16.3. The molecule has 0 saturated heterocycles. The lowest BCUT2D eigenvalue weighted by Gasteiger charge is -2.32. The molecule has 0 spiro atoms. The Morgan fingerprint density at radius 1 is 1.36 bits per heavy atom. The molecular formula is C9H14O2. The highest BCUT2D eigenvalue weighted by Crippen LogP contribution is 2.30. The van der Waals surface area contributed by atoms with Crippen molar-refractivity contribution in [1.82, 2.24) is 0 Å². The molecule has 1 aliphatic rings. The van der Waals surface area contributed by atoms with Gasteiger partial charge < -0.3 is 10.2 Å². The quantitative estimate of drug-likeness (QED) is 0.543. The van der Waals surface area contributed by atoms with Crippen molar-refractivity contribution in [3.8, 4) is 0 Å². The van der Waals surface area contributed by atoms with Gasteiger partial charge in [0.2, 0.25) is 0 Å². The van der Waals surface area contributed by atoms with Gasteiger partial charge in [0, 0.05) is 5.92 Å². The summed E-state index contributed by atoms with van der Waals surface area (Å²) in [6, 6.07) is 0. The topological polar surface area (TPSA) is 40.5 Å². The van der Waals surface area contributed by atoms with Crippen molar-refractivity contribution in [2.24, 2.45) is 5.92 Å². The zero-order valence-electron chi connectivity index (χ0n) is 6.75. The molecule has 2 N–H and O–H groups in total. The smallest absolute Gasteiger partial charge is 0.0837 e. The number of rotatable bonds is 0. The Morgan fingerprint density at radius 2 is 1.91 bits per heavy atom. The highest BCUT2D eigenvalue weighted by molar-refractivity contribution is 5.33. The van der Waals surface area contributed by atoms with Crippen LogP contribution in [0.3, 0.4) is 0 Å². The van der Waals surface area contributed by atoms with Crippen LogP contribution >= 0.6 is 0 Å². The molecule has 0 amide bonds. The number of hydrogen-bond donors (Lipinski definition) is 2. The molecule has 62 valence electrons. The fraction of sp³-hybridized carbons (Fsp3) is 0.556. The molecule has 1 saturated carbocycles. The van der Waals surface area contributed by atoms with Crippen LogP contribution in [0.1, 0.15) is 13.3 Å². The van der Waals surface area contributed by atoms with Crippen LogP contribution in [0.4, 0.5) is 0 Å². The molecule has 0 heterocycles. The second-order valence-corrected chi connectivity index (χ2v) is 3.20. The SMILES string of the molecule is C=C1CC(O)C(C)C(O)C1=C. The molecule has 2 heteroatoms. The van der Waals surface area contributed by atoms with E-state index >= 15 is 0 Å². The highest BCUT2D eigenvalue weighted by Gasteiger charge is 2.31. The van der Waals surface area contributed by atoms with Gasteiger partial charge >= 0.3 is 0 Å². The maximum Gasteiger partial charge on any atom is 0.0837 e. The van der Waals surface area contributed by atoms with E-state index in [1.54, 1.807) is 0 Å². The third kappa shape index (κ3) is 1.37. The van der Waals surface area contributed by atoms with Crippen LogP contribution in [0.5, 0.6) is 0 Å². The van der Waals surface area contributed by atoms with Crippen LogP contribution < -0.4 is 0 Å². The van der Waals surface area contributed by atoms with Gasteiger partial charge in [-0.05, 0) is 17.6 Å². The van der Waals surface area contributed by atoms with E-state index in [0.717, 1.165) is 5.57 Å². The van der Waals surface area contributed by atoms with E-state index < -0.39 is 12.2 Å². The van der Waals surface area contributed by atoms with Gasteiger partial charge in [0.05, 0.1) is 12.2 Å². The first-order chi connectivity index (χ1) is 5.04. The average molecular weight is 154 g/mol. The van der Waals surface area contributed by atoms with E-state index in [4.69, 9.17) is 0 Å². The fourth-order valence-electron chi connectivity index (χ4n) is 1.31. The van der Waals surface area contributed by atoms with Crippen LogP contribution in [0.15, 0.2) is 24.3 Å². The summed E-state index contributed by atoms with van der Waals surface area (Å²) in [6.07, 6.45) is -0.550. The summed E-state index contributed by atoms with van der Waals surface area (Å²) in [7, 11) is 0. The van der Waals surface area contributed by atoms with Crippen LogP contribution in [0.25, 0.3) is 0 Å². The first-order valence-corrected chi connectivity index (χ1v) is 3.77. The van der Waals surface area contributed by atoms with Crippen molar-refractivity contribution >= 4 is 0 Å². The lowest BCUT2D eigenvalue weighted by atomic mass is 9.80. The van der Waals surface area contributed by atoms with Crippen molar-refractivity contribution < 1.29 is 10.2 Å². The van der Waals surface area contributed by atoms with Gasteiger partial charge in [0.25, 0.3) is 0 Å². The van der Waals surface area contributed by atoms with Crippen molar-refractivity contribution in [2.75, 3.05) is 0 Å². The molecule has 2 nitrogen and oxygen atoms in total. The van der Waals surface area contributed by atoms with E-state index in [1.807, 2.05) is 6.92 Å². The molecule has 0 aromatic heterocycles. The third-order valence-corrected chi connectivity index (χ3v) is 2.37. The van der Waals surface area contributed by atoms with Gasteiger partial charge in [-0.2, -0.15) is 0 Å². The van der Waals surface area contributed by atoms with E-state index in [9.17, 15) is 10.2 Å². The Bertz CT molecular complexity index is 196. The summed E-state index contributed by atoms with van der Waals surface area (Å²) >= 11 is 0. The van der Waals surface area contributed by atoms with Crippen molar-refractivity contribution in [3.63, 3.8) is 0 Å². The van der Waals surface area contributed by atoms with Crippen molar-refractivity contribution in [2.45, 2.75) is 25.6 Å². The van der Waals surface area contributed by atoms with Crippen LogP contribution in [-0.4, -0.2) is 22.4 Å². The normalized spacial score (nSPS) is 39.4. The molecule has 3 unspecified atom stereocenters. The molecule has 0 bridgehead atoms. The van der Waals surface area contributed by atoms with Crippen LogP contribution in [0.2, 0.25) is 0 Å². The number of aliphatic hydroxyl groups is 2. The standard InChI is InChI=1S/C9H14O2/c1-5-4-8(10)7(3)9(11)6(5)2/h7-11H,1-2,4H2,3H3. The number of hydrogen-bond acceptors (Lipinski definition) is 2. The Kier molecular flexibility index (Phi) is 2.16. The summed E-state index contributed by atoms with van der Waals surface area (Å²) in [6.45, 7) is 9.22. The molecule has 1 aliphatic carbocycles. The Labute approximate surface area is 66.9 Å². The van der Waals surface area contributed by atoms with Gasteiger partial charge in [0.1, 0.15) is 0 Å². The summed E-state index contributed by atoms with van der Waals surface area (Å²) < 4.78 is 0. The third-order valence-electron chi connectivity index (χ3n) is 2.37. The maximum absolute atomic E-state index is 9.47. The second kappa shape index (κ2) is 2.80. The van der Waals surface area contributed by atoms with Crippen LogP contribution in [-0.2, 0) is 0 Å². The molecule has 1 rings (SSSR count). The van der Waals surface area contributed by atoms with Crippen molar-refractivity contribution in [1.29, 1.82) is 0 Å². The lowest BCUT2D eigenvalue weighted by molar-refractivity contribution is 0.0285. The van der Waals surface area contributed by atoms with Gasteiger partial charge in [-0.1, -0.05) is 20.1 Å². The predicted molar refractivity (Wildman–Crippen MR) is 44.1 cm³/mol. The van der Waals surface area contributed by atoms with E-state index in [2.05, 4.69) is 13.2 Å². The summed E-state index contributed by atoms with van der Waals surface area (Å²) in [5.41, 5.74) is 1.44. The van der Waals surface area contributed by atoms with Gasteiger partial charge in [-0.15, -0.1) is 0 Å². The molecule has 0 aromatic carbocycles. The zero-order chi connectivity index (χ0) is 8.59. The number of aliphatic hydroxyl groups excluding tert-OH is 2. The summed E-state index contributed by atoms with van der Waals surface area (Å²) in [5, 5.41) is 18.8. The molecular weight excluding hydrogens is 140 g/mol. The van der Waals surface area contributed by atoms with Crippen LogP contribution in [0, 0.1) is 5.92 Å². The molecule has 11 heavy (non-hydrogen) atoms. The van der Waals surface area contributed by atoms with E-state index in [1.165, 1.54) is 0 Å². The lowest BCUT2D eigenvalue weighted by Crippen LogP contribution is -2.36. The fourth-order valence-corrected chi connectivity index (χ4v) is 1.31. The summed E-state index contributed by atoms with van der Waals surface area (Å²) in [4.78, 5) is 0. The molecule has 0 radical (unpaired) electrons. The van der Waals surface area contributed by atoms with E-state index in [0.29, 0.717) is 12.0 Å². The van der Waals surface area contributed by atoms with Gasteiger partial charge in [-0.3, -0.25) is 0 Å². The minimum Gasteiger partial charge on any atom is -0.392 e. The zero-order valence-corrected chi connectivity index (χ0v) is 6.75. The Morgan fingerprint density at radius 3 is 2.45 bits per heavy atom. The summed E-state index contributed by atoms with van der Waals surface area (Å²) in [5.74, 6) is -0.118. The predicted octanol–water partition coefficient (Wildman–Crippen LogP) is 0.860. The Balaban J connectivity index is 2.78.